The van der Waals surface area contributed by atoms with E-state index >= 15 is 0 Å². The first kappa shape index (κ1) is 22.1. The van der Waals surface area contributed by atoms with Crippen LogP contribution in [0.25, 0.3) is 10.9 Å². The molecule has 1 amide bonds. The number of benzene rings is 2. The van der Waals surface area contributed by atoms with E-state index in [0.717, 1.165) is 66.9 Å². The summed E-state index contributed by atoms with van der Waals surface area (Å²) in [5, 5.41) is 8.45. The molecule has 7 nitrogen and oxygen atoms in total. The van der Waals surface area contributed by atoms with E-state index in [1.165, 1.54) is 12.1 Å². The van der Waals surface area contributed by atoms with Crippen molar-refractivity contribution < 1.29 is 17.9 Å². The number of carbonyl (C=O) groups excluding carboxylic acids is 1. The van der Waals surface area contributed by atoms with Gasteiger partial charge in [0.1, 0.15) is 0 Å². The minimum absolute atomic E-state index is 0.120. The van der Waals surface area contributed by atoms with Crippen LogP contribution in [0.2, 0.25) is 0 Å². The molecule has 1 saturated carbocycles. The summed E-state index contributed by atoms with van der Waals surface area (Å²) in [7, 11) is -3.89. The highest BCUT2D eigenvalue weighted by Crippen LogP contribution is 2.37. The summed E-state index contributed by atoms with van der Waals surface area (Å²) in [6.07, 6.45) is 6.26. The van der Waals surface area contributed by atoms with Crippen molar-refractivity contribution in [3.05, 3.63) is 59.8 Å². The van der Waals surface area contributed by atoms with Crippen LogP contribution in [0, 0.1) is 5.92 Å². The Bertz CT molecular complexity index is 1240. The minimum atomic E-state index is -3.89. The van der Waals surface area contributed by atoms with Crippen molar-refractivity contribution in [2.45, 2.75) is 49.3 Å². The highest BCUT2D eigenvalue weighted by atomic mass is 32.2. The Balaban J connectivity index is 1.38. The van der Waals surface area contributed by atoms with Crippen LogP contribution in [0.5, 0.6) is 0 Å². The van der Waals surface area contributed by atoms with Gasteiger partial charge in [-0.25, -0.2) is 0 Å². The molecule has 3 aromatic rings. The smallest absolute Gasteiger partial charge is 0.283 e. The number of nitrogens with one attached hydrogen (secondary N) is 1. The van der Waals surface area contributed by atoms with Gasteiger partial charge in [-0.3, -0.25) is 4.79 Å². The Morgan fingerprint density at radius 3 is 2.42 bits per heavy atom. The van der Waals surface area contributed by atoms with Gasteiger partial charge < -0.3 is 10.1 Å². The number of rotatable bonds is 6. The first-order valence-electron chi connectivity index (χ1n) is 11.7. The molecular formula is C25H29N3O4S. The monoisotopic (exact) mass is 467 g/mol. The van der Waals surface area contributed by atoms with E-state index in [1.807, 2.05) is 18.2 Å². The van der Waals surface area contributed by atoms with Crippen LogP contribution in [-0.4, -0.2) is 43.3 Å². The third-order valence-corrected chi connectivity index (χ3v) is 8.46. The van der Waals surface area contributed by atoms with Gasteiger partial charge >= 0.3 is 0 Å². The van der Waals surface area contributed by atoms with Crippen molar-refractivity contribution in [2.75, 3.05) is 19.8 Å². The molecule has 2 heterocycles. The molecule has 8 heteroatoms. The lowest BCUT2D eigenvalue weighted by Gasteiger charge is -2.22. The molecule has 2 aromatic carbocycles. The Labute approximate surface area is 194 Å². The van der Waals surface area contributed by atoms with E-state index in [4.69, 9.17) is 4.74 Å². The van der Waals surface area contributed by atoms with Gasteiger partial charge in [0, 0.05) is 36.6 Å². The predicted octanol–water partition coefficient (Wildman–Crippen LogP) is 4.09. The summed E-state index contributed by atoms with van der Waals surface area (Å²) in [6.45, 7) is 2.07. The number of para-hydroxylation sites is 1. The van der Waals surface area contributed by atoms with Crippen molar-refractivity contribution in [3.8, 4) is 0 Å². The number of hydrogen-bond donors (Lipinski definition) is 1. The second kappa shape index (κ2) is 9.27. The zero-order valence-electron chi connectivity index (χ0n) is 18.6. The largest absolute Gasteiger partial charge is 0.381 e. The van der Waals surface area contributed by atoms with Crippen LogP contribution < -0.4 is 5.32 Å². The molecule has 0 spiro atoms. The Morgan fingerprint density at radius 2 is 1.70 bits per heavy atom. The molecule has 2 aliphatic rings. The van der Waals surface area contributed by atoms with Crippen LogP contribution >= 0.6 is 0 Å². The van der Waals surface area contributed by atoms with Gasteiger partial charge in [-0.2, -0.15) is 17.6 Å². The van der Waals surface area contributed by atoms with Gasteiger partial charge in [-0.05, 0) is 61.9 Å². The summed E-state index contributed by atoms with van der Waals surface area (Å²) in [5.74, 6) is 0.524. The zero-order valence-corrected chi connectivity index (χ0v) is 19.4. The third kappa shape index (κ3) is 4.42. The molecule has 1 aromatic heterocycles. The maximum absolute atomic E-state index is 13.5. The summed E-state index contributed by atoms with van der Waals surface area (Å²) in [4.78, 5) is 12.7. The maximum atomic E-state index is 13.5. The number of aromatic nitrogens is 2. The number of amides is 1. The number of ether oxygens (including phenoxy) is 1. The summed E-state index contributed by atoms with van der Waals surface area (Å²) >= 11 is 0. The minimum Gasteiger partial charge on any atom is -0.381 e. The van der Waals surface area contributed by atoms with E-state index in [1.54, 1.807) is 18.2 Å². The van der Waals surface area contributed by atoms with Gasteiger partial charge in [0.05, 0.1) is 16.1 Å². The normalized spacial score (nSPS) is 18.1. The summed E-state index contributed by atoms with van der Waals surface area (Å²) in [5.41, 5.74) is 1.91. The topological polar surface area (TPSA) is 90.3 Å². The van der Waals surface area contributed by atoms with Crippen LogP contribution in [0.4, 0.5) is 0 Å². The van der Waals surface area contributed by atoms with Crippen molar-refractivity contribution in [1.82, 2.24) is 14.5 Å². The maximum Gasteiger partial charge on any atom is 0.283 e. The molecule has 1 aliphatic carbocycles. The second-order valence-corrected chi connectivity index (χ2v) is 10.8. The first-order valence-corrected chi connectivity index (χ1v) is 13.2. The molecule has 0 atom stereocenters. The van der Waals surface area contributed by atoms with Crippen LogP contribution in [0.1, 0.15) is 60.5 Å². The van der Waals surface area contributed by atoms with Crippen LogP contribution in [0.3, 0.4) is 0 Å². The van der Waals surface area contributed by atoms with Gasteiger partial charge in [0.2, 0.25) is 0 Å². The second-order valence-electron chi connectivity index (χ2n) is 9.02. The van der Waals surface area contributed by atoms with Crippen molar-refractivity contribution >= 4 is 26.8 Å². The van der Waals surface area contributed by atoms with E-state index in [9.17, 15) is 13.2 Å². The standard InChI is InChI=1S/C25H29N3O4S/c29-25(26-17-18-13-15-32-16-14-18)20-9-11-21(12-10-20)33(30,31)28-23-8-4-3-7-22(23)24(27-28)19-5-1-2-6-19/h3-4,7-12,18-19H,1-2,5-6,13-17H2,(H,26,29). The van der Waals surface area contributed by atoms with Crippen molar-refractivity contribution in [1.29, 1.82) is 0 Å². The zero-order chi connectivity index (χ0) is 22.8. The van der Waals surface area contributed by atoms with Crippen LogP contribution in [-0.2, 0) is 14.8 Å². The number of carbonyl (C=O) groups is 1. The van der Waals surface area contributed by atoms with E-state index in [0.29, 0.717) is 29.5 Å². The fraction of sp³-hybridized carbons (Fsp3) is 0.440. The van der Waals surface area contributed by atoms with E-state index < -0.39 is 10.0 Å². The van der Waals surface area contributed by atoms with Gasteiger partial charge in [0.25, 0.3) is 15.9 Å². The molecule has 1 aliphatic heterocycles. The molecule has 33 heavy (non-hydrogen) atoms. The number of fused-ring (bicyclic) bond motifs is 1. The number of hydrogen-bond acceptors (Lipinski definition) is 5. The molecule has 174 valence electrons. The average molecular weight is 468 g/mol. The number of nitrogens with zero attached hydrogens (tertiary/aromatic N) is 2. The molecule has 2 fully saturated rings. The molecule has 1 saturated heterocycles. The Hall–Kier alpha value is -2.71. The highest BCUT2D eigenvalue weighted by molar-refractivity contribution is 7.90. The quantitative estimate of drug-likeness (QED) is 0.590. The summed E-state index contributed by atoms with van der Waals surface area (Å²) in [6, 6.07) is 13.6. The Kier molecular flexibility index (Phi) is 6.21. The van der Waals surface area contributed by atoms with E-state index in [2.05, 4.69) is 10.4 Å². The average Bonchev–Trinajstić information content (AvgIpc) is 3.51. The first-order chi connectivity index (χ1) is 16.0. The van der Waals surface area contributed by atoms with Crippen LogP contribution in [0.15, 0.2) is 53.4 Å². The van der Waals surface area contributed by atoms with Crippen molar-refractivity contribution in [3.63, 3.8) is 0 Å². The molecular weight excluding hydrogens is 438 g/mol. The molecule has 0 radical (unpaired) electrons. The third-order valence-electron chi connectivity index (χ3n) is 6.86. The lowest BCUT2D eigenvalue weighted by molar-refractivity contribution is 0.0642. The Morgan fingerprint density at radius 1 is 1.00 bits per heavy atom. The van der Waals surface area contributed by atoms with Gasteiger partial charge in [-0.15, -0.1) is 0 Å². The molecule has 0 bridgehead atoms. The van der Waals surface area contributed by atoms with Crippen molar-refractivity contribution in [2.24, 2.45) is 5.92 Å². The van der Waals surface area contributed by atoms with E-state index in [-0.39, 0.29) is 10.8 Å². The summed E-state index contributed by atoms with van der Waals surface area (Å²) < 4.78 is 33.5. The van der Waals surface area contributed by atoms with Gasteiger partial charge in [-0.1, -0.05) is 31.0 Å². The highest BCUT2D eigenvalue weighted by Gasteiger charge is 2.28. The molecule has 0 unspecified atom stereocenters. The lowest BCUT2D eigenvalue weighted by atomic mass is 10.0. The predicted molar refractivity (Wildman–Crippen MR) is 126 cm³/mol. The molecule has 1 N–H and O–H groups in total. The van der Waals surface area contributed by atoms with Gasteiger partial charge in [0.15, 0.2) is 0 Å². The fourth-order valence-electron chi connectivity index (χ4n) is 4.91. The SMILES string of the molecule is O=C(NCC1CCOCC1)c1ccc(S(=O)(=O)n2nc(C3CCCC3)c3ccccc32)cc1. The lowest BCUT2D eigenvalue weighted by Crippen LogP contribution is -2.32. The molecule has 5 rings (SSSR count). The fourth-order valence-corrected chi connectivity index (χ4v) is 6.21.